The van der Waals surface area contributed by atoms with Crippen LogP contribution in [0, 0.1) is 5.41 Å². The van der Waals surface area contributed by atoms with Gasteiger partial charge >= 0.3 is 0 Å². The van der Waals surface area contributed by atoms with E-state index in [0.717, 1.165) is 29.1 Å². The highest BCUT2D eigenvalue weighted by atomic mass is 15.5. The molecule has 0 amide bonds. The lowest BCUT2D eigenvalue weighted by atomic mass is 9.80. The summed E-state index contributed by atoms with van der Waals surface area (Å²) in [4.78, 5) is 15.5. The molecule has 1 saturated carbocycles. The van der Waals surface area contributed by atoms with Gasteiger partial charge in [-0.1, -0.05) is 77.9 Å². The minimum atomic E-state index is 0.0842. The smallest absolute Gasteiger partial charge is 0.179 e. The van der Waals surface area contributed by atoms with Gasteiger partial charge in [-0.3, -0.25) is 0 Å². The van der Waals surface area contributed by atoms with Crippen molar-refractivity contribution in [2.45, 2.75) is 71.4 Å². The second-order valence-electron chi connectivity index (χ2n) is 12.1. The van der Waals surface area contributed by atoms with E-state index in [1.54, 1.807) is 0 Å². The third kappa shape index (κ3) is 2.70. The molecule has 4 heteroatoms. The largest absolute Gasteiger partial charge is 0.301 e. The van der Waals surface area contributed by atoms with Gasteiger partial charge in [0.15, 0.2) is 11.6 Å². The Morgan fingerprint density at radius 3 is 1.94 bits per heavy atom. The summed E-state index contributed by atoms with van der Waals surface area (Å²) < 4.78 is 0. The van der Waals surface area contributed by atoms with Crippen molar-refractivity contribution < 1.29 is 0 Å². The van der Waals surface area contributed by atoms with Crippen molar-refractivity contribution in [1.29, 1.82) is 0 Å². The number of anilines is 4. The molecule has 1 aromatic heterocycles. The van der Waals surface area contributed by atoms with Crippen LogP contribution in [-0.4, -0.2) is 16.1 Å². The Morgan fingerprint density at radius 1 is 0.750 bits per heavy atom. The van der Waals surface area contributed by atoms with E-state index < -0.39 is 0 Å². The molecule has 4 nitrogen and oxygen atoms in total. The van der Waals surface area contributed by atoms with Crippen molar-refractivity contribution in [3.8, 4) is 0 Å². The van der Waals surface area contributed by atoms with E-state index in [-0.39, 0.29) is 17.0 Å². The first kappa shape index (κ1) is 21.8. The molecule has 2 aliphatic heterocycles. The molecule has 7 rings (SSSR count). The number of nitrogens with zero attached hydrogens (tertiary/aromatic N) is 4. The van der Waals surface area contributed by atoms with Crippen LogP contribution in [0.4, 0.5) is 23.0 Å². The summed E-state index contributed by atoms with van der Waals surface area (Å²) in [6.07, 6.45) is 1.29. The zero-order valence-corrected chi connectivity index (χ0v) is 22.1. The third-order valence-corrected chi connectivity index (χ3v) is 9.29. The topological polar surface area (TPSA) is 32.3 Å². The fraction of sp³-hybridized carbons (Fsp3) is 0.375. The molecule has 4 aromatic rings. The van der Waals surface area contributed by atoms with Gasteiger partial charge in [0.05, 0.1) is 11.0 Å². The summed E-state index contributed by atoms with van der Waals surface area (Å²) in [6, 6.07) is 24.5. The SMILES string of the molecule is CC(C)c1ccc(N2c3nc4ccccc4nc3N3c4ccc(C(C)C)cc4C4(C)CC4(C)C23)cc1. The van der Waals surface area contributed by atoms with Gasteiger partial charge in [-0.15, -0.1) is 0 Å². The molecule has 36 heavy (non-hydrogen) atoms. The van der Waals surface area contributed by atoms with Gasteiger partial charge in [0, 0.05) is 22.2 Å². The van der Waals surface area contributed by atoms with Crippen LogP contribution in [0.15, 0.2) is 66.7 Å². The van der Waals surface area contributed by atoms with E-state index in [9.17, 15) is 0 Å². The average molecular weight is 475 g/mol. The zero-order valence-electron chi connectivity index (χ0n) is 22.1. The molecule has 0 bridgehead atoms. The number of aromatic nitrogens is 2. The Hall–Kier alpha value is -3.40. The van der Waals surface area contributed by atoms with E-state index in [1.807, 2.05) is 0 Å². The zero-order chi connectivity index (χ0) is 25.0. The van der Waals surface area contributed by atoms with Crippen LogP contribution in [0.25, 0.3) is 11.0 Å². The first-order valence-electron chi connectivity index (χ1n) is 13.3. The molecule has 182 valence electrons. The van der Waals surface area contributed by atoms with E-state index in [2.05, 4.69) is 118 Å². The Labute approximate surface area is 214 Å². The van der Waals surface area contributed by atoms with Crippen LogP contribution in [0.5, 0.6) is 0 Å². The monoisotopic (exact) mass is 474 g/mol. The summed E-state index contributed by atoms with van der Waals surface area (Å²) in [6.45, 7) is 14.0. The predicted octanol–water partition coefficient (Wildman–Crippen LogP) is 8.17. The Morgan fingerprint density at radius 2 is 1.33 bits per heavy atom. The van der Waals surface area contributed by atoms with E-state index in [4.69, 9.17) is 9.97 Å². The molecule has 0 radical (unpaired) electrons. The van der Waals surface area contributed by atoms with Gasteiger partial charge in [0.25, 0.3) is 0 Å². The van der Waals surface area contributed by atoms with Gasteiger partial charge in [0.1, 0.15) is 6.17 Å². The maximum absolute atomic E-state index is 5.25. The molecule has 1 aliphatic carbocycles. The molecular formula is C32H34N4. The summed E-state index contributed by atoms with van der Waals surface area (Å²) in [7, 11) is 0. The highest BCUT2D eigenvalue weighted by molar-refractivity contribution is 5.92. The van der Waals surface area contributed by atoms with Gasteiger partial charge in [-0.2, -0.15) is 0 Å². The van der Waals surface area contributed by atoms with Crippen LogP contribution in [-0.2, 0) is 5.41 Å². The number of benzene rings is 3. The van der Waals surface area contributed by atoms with Crippen molar-refractivity contribution >= 4 is 34.0 Å². The molecule has 3 aliphatic rings. The lowest BCUT2D eigenvalue weighted by molar-refractivity contribution is 0.371. The van der Waals surface area contributed by atoms with Crippen LogP contribution >= 0.6 is 0 Å². The van der Waals surface area contributed by atoms with Crippen LogP contribution in [0.2, 0.25) is 0 Å². The number of hydrogen-bond donors (Lipinski definition) is 0. The normalized spacial score (nSPS) is 25.7. The Bertz CT molecular complexity index is 1520. The first-order chi connectivity index (χ1) is 17.2. The molecule has 1 fully saturated rings. The van der Waals surface area contributed by atoms with Crippen LogP contribution in [0.1, 0.15) is 76.5 Å². The van der Waals surface area contributed by atoms with E-state index in [0.29, 0.717) is 11.8 Å². The van der Waals surface area contributed by atoms with Gasteiger partial charge in [-0.25, -0.2) is 9.97 Å². The highest BCUT2D eigenvalue weighted by Crippen LogP contribution is 2.75. The van der Waals surface area contributed by atoms with E-state index >= 15 is 0 Å². The first-order valence-corrected chi connectivity index (χ1v) is 13.3. The molecule has 0 spiro atoms. The van der Waals surface area contributed by atoms with Gasteiger partial charge < -0.3 is 9.80 Å². The van der Waals surface area contributed by atoms with Crippen LogP contribution < -0.4 is 9.80 Å². The number of para-hydroxylation sites is 2. The summed E-state index contributed by atoms with van der Waals surface area (Å²) in [5.41, 5.74) is 8.81. The molecule has 0 N–H and O–H groups in total. The molecule has 3 unspecified atom stereocenters. The Kier molecular flexibility index (Phi) is 4.30. The van der Waals surface area contributed by atoms with Crippen molar-refractivity contribution in [3.05, 3.63) is 83.4 Å². The summed E-state index contributed by atoms with van der Waals surface area (Å²) >= 11 is 0. The highest BCUT2D eigenvalue weighted by Gasteiger charge is 2.73. The maximum atomic E-state index is 5.25. The molecular weight excluding hydrogens is 440 g/mol. The van der Waals surface area contributed by atoms with Crippen molar-refractivity contribution in [2.75, 3.05) is 9.80 Å². The van der Waals surface area contributed by atoms with Crippen molar-refractivity contribution in [2.24, 2.45) is 5.41 Å². The minimum absolute atomic E-state index is 0.0842. The van der Waals surface area contributed by atoms with Crippen molar-refractivity contribution in [1.82, 2.24) is 9.97 Å². The fourth-order valence-electron chi connectivity index (χ4n) is 6.78. The standard InChI is InChI=1S/C32H34N4/c1-19(2)21-11-14-23(15-12-21)35-28-29(34-26-10-8-7-9-25(26)33-28)36-27-16-13-22(20(3)4)17-24(27)31(5)18-32(31,6)30(35)36/h7-17,19-20,30H,18H2,1-6H3. The number of hydrogen-bond acceptors (Lipinski definition) is 4. The summed E-state index contributed by atoms with van der Waals surface area (Å²) in [5.74, 6) is 2.95. The van der Waals surface area contributed by atoms with Crippen molar-refractivity contribution in [3.63, 3.8) is 0 Å². The van der Waals surface area contributed by atoms with E-state index in [1.165, 1.54) is 28.1 Å². The predicted molar refractivity (Wildman–Crippen MR) is 149 cm³/mol. The maximum Gasteiger partial charge on any atom is 0.179 e. The molecule has 3 heterocycles. The van der Waals surface area contributed by atoms with Gasteiger partial charge in [-0.05, 0) is 65.3 Å². The molecule has 0 saturated heterocycles. The lowest BCUT2D eigenvalue weighted by Gasteiger charge is -2.44. The molecule has 3 aromatic carbocycles. The number of fused-ring (bicyclic) bond motifs is 9. The minimum Gasteiger partial charge on any atom is -0.301 e. The fourth-order valence-corrected chi connectivity index (χ4v) is 6.78. The average Bonchev–Trinajstić information content (AvgIpc) is 3.31. The second-order valence-corrected chi connectivity index (χ2v) is 12.1. The number of rotatable bonds is 3. The van der Waals surface area contributed by atoms with Gasteiger partial charge in [0.2, 0.25) is 0 Å². The Balaban J connectivity index is 1.50. The quantitative estimate of drug-likeness (QED) is 0.300. The third-order valence-electron chi connectivity index (χ3n) is 9.29. The van der Waals surface area contributed by atoms with Crippen LogP contribution in [0.3, 0.4) is 0 Å². The lowest BCUT2D eigenvalue weighted by Crippen LogP contribution is -2.50. The second kappa shape index (κ2) is 7.09. The molecule has 3 atom stereocenters. The summed E-state index contributed by atoms with van der Waals surface area (Å²) in [5, 5.41) is 0.